The van der Waals surface area contributed by atoms with Crippen molar-refractivity contribution in [1.29, 1.82) is 0 Å². The molecule has 3 aliphatic rings. The first kappa shape index (κ1) is 12.4. The molecule has 0 aliphatic heterocycles. The van der Waals surface area contributed by atoms with E-state index in [0.29, 0.717) is 11.0 Å². The molecule has 94 valence electrons. The summed E-state index contributed by atoms with van der Waals surface area (Å²) >= 11 is 0. The summed E-state index contributed by atoms with van der Waals surface area (Å²) in [5, 5.41) is 0. The minimum atomic E-state index is 0.615. The molecular formula is C15H29N. The molecule has 3 saturated carbocycles. The van der Waals surface area contributed by atoms with E-state index < -0.39 is 0 Å². The predicted octanol–water partition coefficient (Wildman–Crippen LogP) is 4.22. The number of hydrogen-bond acceptors (Lipinski definition) is 1. The lowest BCUT2D eigenvalue weighted by Gasteiger charge is -2.57. The van der Waals surface area contributed by atoms with Crippen molar-refractivity contribution in [2.45, 2.75) is 77.7 Å². The van der Waals surface area contributed by atoms with Crippen molar-refractivity contribution in [3.8, 4) is 0 Å². The second kappa shape index (κ2) is 4.68. The summed E-state index contributed by atoms with van der Waals surface area (Å²) in [4.78, 5) is 2.84. The summed E-state index contributed by atoms with van der Waals surface area (Å²) in [6.45, 7) is 9.82. The third kappa shape index (κ3) is 2.16. The lowest BCUT2D eigenvalue weighted by Crippen LogP contribution is -2.56. The van der Waals surface area contributed by atoms with E-state index >= 15 is 0 Å². The summed E-state index contributed by atoms with van der Waals surface area (Å²) in [6, 6.07) is 0. The van der Waals surface area contributed by atoms with Gasteiger partial charge in [-0.25, -0.2) is 0 Å². The summed E-state index contributed by atoms with van der Waals surface area (Å²) < 4.78 is 0. The molecule has 0 aromatic heterocycles. The van der Waals surface area contributed by atoms with Gasteiger partial charge in [-0.1, -0.05) is 20.8 Å². The molecule has 3 fully saturated rings. The van der Waals surface area contributed by atoms with Crippen molar-refractivity contribution in [2.75, 3.05) is 13.1 Å². The Morgan fingerprint density at radius 1 is 0.812 bits per heavy atom. The van der Waals surface area contributed by atoms with E-state index in [9.17, 15) is 0 Å². The Kier molecular flexibility index (Phi) is 3.63. The predicted molar refractivity (Wildman–Crippen MR) is 70.7 cm³/mol. The molecule has 0 atom stereocenters. The van der Waals surface area contributed by atoms with Gasteiger partial charge >= 0.3 is 0 Å². The maximum absolute atomic E-state index is 2.84. The second-order valence-corrected chi connectivity index (χ2v) is 6.52. The monoisotopic (exact) mass is 223 g/mol. The SMILES string of the molecule is CCCN(CCC)C12CCC(C)(CC1)CC2. The fourth-order valence-corrected chi connectivity index (χ4v) is 3.95. The van der Waals surface area contributed by atoms with Crippen LogP contribution in [0.2, 0.25) is 0 Å². The highest BCUT2D eigenvalue weighted by Gasteiger charge is 2.48. The van der Waals surface area contributed by atoms with Crippen LogP contribution in [0, 0.1) is 5.41 Å². The maximum Gasteiger partial charge on any atom is 0.0210 e. The van der Waals surface area contributed by atoms with Crippen molar-refractivity contribution in [1.82, 2.24) is 4.90 Å². The summed E-state index contributed by atoms with van der Waals surface area (Å²) in [5.41, 5.74) is 1.33. The zero-order valence-electron chi connectivity index (χ0n) is 11.5. The van der Waals surface area contributed by atoms with Gasteiger partial charge < -0.3 is 0 Å². The van der Waals surface area contributed by atoms with E-state index in [-0.39, 0.29) is 0 Å². The summed E-state index contributed by atoms with van der Waals surface area (Å²) in [7, 11) is 0. The van der Waals surface area contributed by atoms with Crippen LogP contribution in [0.3, 0.4) is 0 Å². The van der Waals surface area contributed by atoms with Crippen molar-refractivity contribution < 1.29 is 0 Å². The Balaban J connectivity index is 2.05. The molecule has 1 nitrogen and oxygen atoms in total. The zero-order chi connectivity index (χ0) is 11.6. The van der Waals surface area contributed by atoms with E-state index in [1.54, 1.807) is 0 Å². The second-order valence-electron chi connectivity index (χ2n) is 6.52. The van der Waals surface area contributed by atoms with Crippen LogP contribution in [0.4, 0.5) is 0 Å². The molecule has 1 heteroatoms. The van der Waals surface area contributed by atoms with Crippen LogP contribution in [0.1, 0.15) is 72.1 Å². The molecular weight excluding hydrogens is 194 g/mol. The molecule has 0 unspecified atom stereocenters. The van der Waals surface area contributed by atoms with Gasteiger partial charge in [0.2, 0.25) is 0 Å². The average Bonchev–Trinajstić information content (AvgIpc) is 2.30. The lowest BCUT2D eigenvalue weighted by molar-refractivity contribution is -0.0473. The van der Waals surface area contributed by atoms with Gasteiger partial charge in [-0.15, -0.1) is 0 Å². The molecule has 3 aliphatic carbocycles. The van der Waals surface area contributed by atoms with Gasteiger partial charge in [0, 0.05) is 5.54 Å². The highest BCUT2D eigenvalue weighted by atomic mass is 15.2. The van der Waals surface area contributed by atoms with Crippen LogP contribution in [0.15, 0.2) is 0 Å². The largest absolute Gasteiger partial charge is 0.298 e. The van der Waals surface area contributed by atoms with Crippen LogP contribution in [-0.4, -0.2) is 23.5 Å². The molecule has 0 saturated heterocycles. The van der Waals surface area contributed by atoms with Crippen molar-refractivity contribution in [2.24, 2.45) is 5.41 Å². The van der Waals surface area contributed by atoms with Gasteiger partial charge in [-0.3, -0.25) is 4.90 Å². The first-order valence-electron chi connectivity index (χ1n) is 7.39. The number of hydrogen-bond donors (Lipinski definition) is 0. The number of nitrogens with zero attached hydrogens (tertiary/aromatic N) is 1. The molecule has 3 rings (SSSR count). The van der Waals surface area contributed by atoms with Gasteiger partial charge in [0.1, 0.15) is 0 Å². The average molecular weight is 223 g/mol. The van der Waals surface area contributed by atoms with Crippen molar-refractivity contribution in [3.63, 3.8) is 0 Å². The highest BCUT2D eigenvalue weighted by Crippen LogP contribution is 2.54. The van der Waals surface area contributed by atoms with Crippen molar-refractivity contribution >= 4 is 0 Å². The maximum atomic E-state index is 2.84. The topological polar surface area (TPSA) is 3.24 Å². The zero-order valence-corrected chi connectivity index (χ0v) is 11.5. The third-order valence-corrected chi connectivity index (χ3v) is 5.24. The van der Waals surface area contributed by atoms with Crippen LogP contribution in [0.25, 0.3) is 0 Å². The Bertz CT molecular complexity index is 203. The first-order chi connectivity index (χ1) is 7.64. The van der Waals surface area contributed by atoms with E-state index in [1.165, 1.54) is 64.5 Å². The number of rotatable bonds is 5. The van der Waals surface area contributed by atoms with Gasteiger partial charge in [0.15, 0.2) is 0 Å². The molecule has 0 spiro atoms. The van der Waals surface area contributed by atoms with E-state index in [2.05, 4.69) is 25.7 Å². The van der Waals surface area contributed by atoms with E-state index in [4.69, 9.17) is 0 Å². The molecule has 0 N–H and O–H groups in total. The molecule has 0 heterocycles. The fourth-order valence-electron chi connectivity index (χ4n) is 3.95. The summed E-state index contributed by atoms with van der Waals surface area (Å²) in [6.07, 6.45) is 11.5. The quantitative estimate of drug-likeness (QED) is 0.674. The lowest BCUT2D eigenvalue weighted by atomic mass is 9.57. The normalized spacial score (nSPS) is 38.2. The van der Waals surface area contributed by atoms with Crippen LogP contribution < -0.4 is 0 Å². The Hall–Kier alpha value is -0.0400. The van der Waals surface area contributed by atoms with Crippen LogP contribution >= 0.6 is 0 Å². The smallest absolute Gasteiger partial charge is 0.0210 e. The minimum Gasteiger partial charge on any atom is -0.298 e. The highest BCUT2D eigenvalue weighted by molar-refractivity contribution is 5.03. The Labute approximate surface area is 102 Å². The van der Waals surface area contributed by atoms with E-state index in [1.807, 2.05) is 0 Å². The molecule has 0 radical (unpaired) electrons. The summed E-state index contributed by atoms with van der Waals surface area (Å²) in [5.74, 6) is 0. The standard InChI is InChI=1S/C15H29N/c1-4-12-16(13-5-2)15-9-6-14(3,7-10-15)8-11-15/h4-13H2,1-3H3. The molecule has 16 heavy (non-hydrogen) atoms. The molecule has 0 aromatic carbocycles. The molecule has 0 aromatic rings. The Morgan fingerprint density at radius 2 is 1.25 bits per heavy atom. The van der Waals surface area contributed by atoms with Gasteiger partial charge in [-0.2, -0.15) is 0 Å². The van der Waals surface area contributed by atoms with Crippen LogP contribution in [-0.2, 0) is 0 Å². The van der Waals surface area contributed by atoms with Gasteiger partial charge in [-0.05, 0) is 69.9 Å². The molecule has 2 bridgehead atoms. The third-order valence-electron chi connectivity index (χ3n) is 5.24. The van der Waals surface area contributed by atoms with Gasteiger partial charge in [0.05, 0.1) is 0 Å². The molecule has 0 amide bonds. The van der Waals surface area contributed by atoms with Crippen LogP contribution in [0.5, 0.6) is 0 Å². The van der Waals surface area contributed by atoms with Gasteiger partial charge in [0.25, 0.3) is 0 Å². The fraction of sp³-hybridized carbons (Fsp3) is 1.00. The number of fused-ring (bicyclic) bond motifs is 3. The Morgan fingerprint density at radius 3 is 1.62 bits per heavy atom. The first-order valence-corrected chi connectivity index (χ1v) is 7.39. The van der Waals surface area contributed by atoms with E-state index in [0.717, 1.165) is 0 Å². The van der Waals surface area contributed by atoms with Crippen molar-refractivity contribution in [3.05, 3.63) is 0 Å². The minimum absolute atomic E-state index is 0.615.